The number of halogens is 2. The molecule has 0 aromatic heterocycles. The molecule has 1 N–H and O–H groups in total. The standard InChI is InChI=1S/C20H21F2NO2/c1-11(2)12-6-7-16-13(10-12)19-20(25-9-8-24-19)18(23-16)17-14(21)4-3-5-15(17)22/h3-7,10-11,18-20,23H,8-9H2,1-2H3. The van der Waals surface area contributed by atoms with Gasteiger partial charge in [-0.1, -0.05) is 32.0 Å². The number of hydrogen-bond acceptors (Lipinski definition) is 3. The van der Waals surface area contributed by atoms with Crippen molar-refractivity contribution in [2.24, 2.45) is 0 Å². The highest BCUT2D eigenvalue weighted by atomic mass is 19.1. The Morgan fingerprint density at radius 3 is 2.48 bits per heavy atom. The molecule has 2 aliphatic rings. The van der Waals surface area contributed by atoms with Gasteiger partial charge in [-0.05, 0) is 29.7 Å². The maximum atomic E-state index is 14.4. The van der Waals surface area contributed by atoms with Gasteiger partial charge in [0.05, 0.1) is 19.3 Å². The summed E-state index contributed by atoms with van der Waals surface area (Å²) in [5, 5.41) is 3.28. The van der Waals surface area contributed by atoms with Gasteiger partial charge in [-0.3, -0.25) is 0 Å². The zero-order valence-electron chi connectivity index (χ0n) is 14.3. The maximum absolute atomic E-state index is 14.4. The van der Waals surface area contributed by atoms with E-state index in [9.17, 15) is 8.78 Å². The van der Waals surface area contributed by atoms with Crippen LogP contribution in [0.15, 0.2) is 36.4 Å². The largest absolute Gasteiger partial charge is 0.375 e. The number of anilines is 1. The predicted octanol–water partition coefficient (Wildman–Crippen LogP) is 4.71. The van der Waals surface area contributed by atoms with Gasteiger partial charge in [0, 0.05) is 16.8 Å². The molecule has 0 radical (unpaired) electrons. The van der Waals surface area contributed by atoms with Gasteiger partial charge in [0.1, 0.15) is 23.8 Å². The zero-order chi connectivity index (χ0) is 17.6. The lowest BCUT2D eigenvalue weighted by atomic mass is 9.85. The number of rotatable bonds is 2. The molecule has 0 amide bonds. The van der Waals surface area contributed by atoms with E-state index in [1.807, 2.05) is 12.1 Å². The molecule has 1 saturated heterocycles. The number of ether oxygens (including phenoxy) is 2. The van der Waals surface area contributed by atoms with Gasteiger partial charge in [-0.15, -0.1) is 0 Å². The Morgan fingerprint density at radius 2 is 1.76 bits per heavy atom. The quantitative estimate of drug-likeness (QED) is 0.855. The molecular formula is C20H21F2NO2. The Morgan fingerprint density at radius 1 is 1.04 bits per heavy atom. The first kappa shape index (κ1) is 16.5. The summed E-state index contributed by atoms with van der Waals surface area (Å²) in [7, 11) is 0. The molecule has 1 fully saturated rings. The van der Waals surface area contributed by atoms with Crippen molar-refractivity contribution < 1.29 is 18.3 Å². The van der Waals surface area contributed by atoms with Crippen molar-refractivity contribution in [1.82, 2.24) is 0 Å². The minimum atomic E-state index is -0.635. The minimum Gasteiger partial charge on any atom is -0.375 e. The van der Waals surface area contributed by atoms with Crippen LogP contribution in [-0.4, -0.2) is 19.3 Å². The molecule has 3 nitrogen and oxygen atoms in total. The highest BCUT2D eigenvalue weighted by Crippen LogP contribution is 2.45. The second-order valence-corrected chi connectivity index (χ2v) is 6.89. The van der Waals surface area contributed by atoms with Gasteiger partial charge in [0.2, 0.25) is 0 Å². The van der Waals surface area contributed by atoms with Crippen LogP contribution in [-0.2, 0) is 9.47 Å². The highest BCUT2D eigenvalue weighted by molar-refractivity contribution is 5.59. The van der Waals surface area contributed by atoms with Gasteiger partial charge >= 0.3 is 0 Å². The van der Waals surface area contributed by atoms with Crippen LogP contribution >= 0.6 is 0 Å². The van der Waals surface area contributed by atoms with Gasteiger partial charge in [0.15, 0.2) is 0 Å². The Hall–Kier alpha value is -1.98. The second-order valence-electron chi connectivity index (χ2n) is 6.89. The van der Waals surface area contributed by atoms with Crippen molar-refractivity contribution in [3.63, 3.8) is 0 Å². The van der Waals surface area contributed by atoms with E-state index in [1.54, 1.807) is 0 Å². The van der Waals surface area contributed by atoms with Crippen LogP contribution in [0.25, 0.3) is 0 Å². The third-order valence-electron chi connectivity index (χ3n) is 4.99. The van der Waals surface area contributed by atoms with Gasteiger partial charge in [-0.25, -0.2) is 8.78 Å². The fourth-order valence-corrected chi connectivity index (χ4v) is 3.68. The van der Waals surface area contributed by atoms with Crippen LogP contribution in [0.4, 0.5) is 14.5 Å². The van der Waals surface area contributed by atoms with Crippen LogP contribution in [0.5, 0.6) is 0 Å². The Labute approximate surface area is 146 Å². The van der Waals surface area contributed by atoms with Crippen LogP contribution in [0.1, 0.15) is 48.6 Å². The summed E-state index contributed by atoms with van der Waals surface area (Å²) in [6, 6.07) is 9.39. The van der Waals surface area contributed by atoms with Crippen LogP contribution in [0, 0.1) is 11.6 Å². The highest BCUT2D eigenvalue weighted by Gasteiger charge is 2.43. The van der Waals surface area contributed by atoms with E-state index in [0.29, 0.717) is 19.1 Å². The van der Waals surface area contributed by atoms with Crippen molar-refractivity contribution in [3.8, 4) is 0 Å². The Kier molecular flexibility index (Phi) is 4.21. The SMILES string of the molecule is CC(C)c1ccc2c(c1)C1OCCOC1C(c1c(F)cccc1F)N2. The molecule has 3 unspecified atom stereocenters. The molecule has 0 spiro atoms. The van der Waals surface area contributed by atoms with E-state index in [4.69, 9.17) is 9.47 Å². The minimum absolute atomic E-state index is 0.00147. The molecule has 2 aromatic rings. The fraction of sp³-hybridized carbons (Fsp3) is 0.400. The van der Waals surface area contributed by atoms with Crippen molar-refractivity contribution in [1.29, 1.82) is 0 Å². The number of fused-ring (bicyclic) bond motifs is 3. The Balaban J connectivity index is 1.81. The van der Waals surface area contributed by atoms with Crippen molar-refractivity contribution in [3.05, 3.63) is 64.7 Å². The Bertz CT molecular complexity index is 773. The average Bonchev–Trinajstić information content (AvgIpc) is 2.61. The molecule has 0 bridgehead atoms. The third kappa shape index (κ3) is 2.81. The monoisotopic (exact) mass is 345 g/mol. The van der Waals surface area contributed by atoms with Gasteiger partial charge in [0.25, 0.3) is 0 Å². The average molecular weight is 345 g/mol. The molecule has 4 rings (SSSR count). The number of nitrogens with one attached hydrogen (secondary N) is 1. The summed E-state index contributed by atoms with van der Waals surface area (Å²) in [6.07, 6.45) is -0.817. The van der Waals surface area contributed by atoms with E-state index < -0.39 is 23.8 Å². The molecule has 5 heteroatoms. The van der Waals surface area contributed by atoms with E-state index in [0.717, 1.165) is 11.3 Å². The van der Waals surface area contributed by atoms with Gasteiger partial charge < -0.3 is 14.8 Å². The lowest BCUT2D eigenvalue weighted by molar-refractivity contribution is -0.151. The third-order valence-corrected chi connectivity index (χ3v) is 4.99. The first-order valence-electron chi connectivity index (χ1n) is 8.63. The molecule has 2 aromatic carbocycles. The maximum Gasteiger partial charge on any atom is 0.131 e. The summed E-state index contributed by atoms with van der Waals surface area (Å²) in [5.41, 5.74) is 3.03. The normalized spacial score (nSPS) is 25.2. The summed E-state index contributed by atoms with van der Waals surface area (Å²) < 4.78 is 40.6. The predicted molar refractivity (Wildman–Crippen MR) is 91.7 cm³/mol. The molecule has 0 aliphatic carbocycles. The van der Waals surface area contributed by atoms with E-state index in [1.165, 1.54) is 23.8 Å². The van der Waals surface area contributed by atoms with Crippen LogP contribution in [0.2, 0.25) is 0 Å². The molecule has 25 heavy (non-hydrogen) atoms. The first-order chi connectivity index (χ1) is 12.1. The molecule has 132 valence electrons. The van der Waals surface area contributed by atoms with E-state index >= 15 is 0 Å². The van der Waals surface area contributed by atoms with Crippen LogP contribution in [0.3, 0.4) is 0 Å². The molecule has 0 saturated carbocycles. The van der Waals surface area contributed by atoms with Crippen LogP contribution < -0.4 is 5.32 Å². The summed E-state index contributed by atoms with van der Waals surface area (Å²) >= 11 is 0. The molecule has 2 heterocycles. The van der Waals surface area contributed by atoms with Gasteiger partial charge in [-0.2, -0.15) is 0 Å². The van der Waals surface area contributed by atoms with E-state index in [-0.39, 0.29) is 11.7 Å². The lowest BCUT2D eigenvalue weighted by Crippen LogP contribution is -2.43. The molecule has 2 aliphatic heterocycles. The van der Waals surface area contributed by atoms with Crippen molar-refractivity contribution in [2.75, 3.05) is 18.5 Å². The first-order valence-corrected chi connectivity index (χ1v) is 8.63. The molecule has 3 atom stereocenters. The van der Waals surface area contributed by atoms with Crippen molar-refractivity contribution in [2.45, 2.75) is 38.0 Å². The topological polar surface area (TPSA) is 30.5 Å². The fourth-order valence-electron chi connectivity index (χ4n) is 3.68. The smallest absolute Gasteiger partial charge is 0.131 e. The number of benzene rings is 2. The summed E-state index contributed by atoms with van der Waals surface area (Å²) in [4.78, 5) is 0. The number of hydrogen-bond donors (Lipinski definition) is 1. The second kappa shape index (κ2) is 6.39. The zero-order valence-corrected chi connectivity index (χ0v) is 14.3. The molecular weight excluding hydrogens is 324 g/mol. The summed E-state index contributed by atoms with van der Waals surface area (Å²) in [6.45, 7) is 5.14. The van der Waals surface area contributed by atoms with E-state index in [2.05, 4.69) is 25.2 Å². The lowest BCUT2D eigenvalue weighted by Gasteiger charge is -2.43. The van der Waals surface area contributed by atoms with Crippen molar-refractivity contribution >= 4 is 5.69 Å². The summed E-state index contributed by atoms with van der Waals surface area (Å²) in [5.74, 6) is -0.768.